The molecule has 3 nitrogen and oxygen atoms in total. The molecule has 2 aromatic rings. The van der Waals surface area contributed by atoms with Crippen LogP contribution in [0.15, 0.2) is 36.5 Å². The first-order valence-corrected chi connectivity index (χ1v) is 6.47. The Bertz CT molecular complexity index is 535. The van der Waals surface area contributed by atoms with Crippen molar-refractivity contribution in [2.24, 2.45) is 0 Å². The Morgan fingerprint density at radius 3 is 2.68 bits per heavy atom. The van der Waals surface area contributed by atoms with Crippen LogP contribution in [-0.4, -0.2) is 12.0 Å². The first kappa shape index (κ1) is 13.6. The number of ether oxygens (including phenoxy) is 1. The molecule has 0 atom stereocenters. The summed E-state index contributed by atoms with van der Waals surface area (Å²) in [6.07, 6.45) is 1.78. The van der Waals surface area contributed by atoms with E-state index in [-0.39, 0.29) is 0 Å². The van der Waals surface area contributed by atoms with Gasteiger partial charge in [0.15, 0.2) is 0 Å². The van der Waals surface area contributed by atoms with E-state index in [1.54, 1.807) is 6.20 Å². The van der Waals surface area contributed by atoms with E-state index in [2.05, 4.69) is 42.3 Å². The number of aromatic nitrogens is 1. The summed E-state index contributed by atoms with van der Waals surface area (Å²) in [5.74, 6) is 0.806. The van der Waals surface area contributed by atoms with Gasteiger partial charge in [-0.3, -0.25) is 4.98 Å². The summed E-state index contributed by atoms with van der Waals surface area (Å²) < 4.78 is 5.78. The molecular weight excluding hydrogens is 236 g/mol. The van der Waals surface area contributed by atoms with E-state index >= 15 is 0 Å². The van der Waals surface area contributed by atoms with Crippen LogP contribution in [0.5, 0.6) is 5.75 Å². The summed E-state index contributed by atoms with van der Waals surface area (Å²) in [6, 6.07) is 10.4. The summed E-state index contributed by atoms with van der Waals surface area (Å²) in [7, 11) is 1.91. The number of aryl methyl sites for hydroxylation is 2. The number of rotatable bonds is 5. The highest BCUT2D eigenvalue weighted by molar-refractivity contribution is 5.30. The summed E-state index contributed by atoms with van der Waals surface area (Å²) in [5, 5.41) is 3.07. The van der Waals surface area contributed by atoms with Crippen LogP contribution in [0.25, 0.3) is 0 Å². The molecule has 1 aromatic carbocycles. The summed E-state index contributed by atoms with van der Waals surface area (Å²) in [4.78, 5) is 4.33. The third-order valence-electron chi connectivity index (χ3n) is 3.05. The Labute approximate surface area is 114 Å². The molecule has 0 bridgehead atoms. The molecule has 1 aromatic heterocycles. The van der Waals surface area contributed by atoms with Crippen molar-refractivity contribution in [2.45, 2.75) is 27.0 Å². The molecule has 0 fully saturated rings. The quantitative estimate of drug-likeness (QED) is 0.893. The predicted molar refractivity (Wildman–Crippen MR) is 77.2 cm³/mol. The lowest BCUT2D eigenvalue weighted by atomic mass is 10.1. The van der Waals surface area contributed by atoms with E-state index in [1.165, 1.54) is 16.7 Å². The van der Waals surface area contributed by atoms with Crippen LogP contribution in [0.1, 0.15) is 22.4 Å². The standard InChI is InChI=1S/C16H20N2O/c1-12-4-5-13(2)14(8-12)11-19-16-7-6-15(9-17-3)18-10-16/h4-8,10,17H,9,11H2,1-3H3. The molecule has 0 aliphatic heterocycles. The first-order chi connectivity index (χ1) is 9.19. The number of hydrogen-bond acceptors (Lipinski definition) is 3. The molecule has 0 amide bonds. The second-order valence-corrected chi connectivity index (χ2v) is 4.73. The fraction of sp³-hybridized carbons (Fsp3) is 0.312. The third kappa shape index (κ3) is 3.80. The van der Waals surface area contributed by atoms with Crippen molar-refractivity contribution in [1.29, 1.82) is 0 Å². The van der Waals surface area contributed by atoms with E-state index in [9.17, 15) is 0 Å². The maximum atomic E-state index is 5.78. The van der Waals surface area contributed by atoms with Crippen molar-refractivity contribution < 1.29 is 4.74 Å². The van der Waals surface area contributed by atoms with Gasteiger partial charge in [0.05, 0.1) is 11.9 Å². The van der Waals surface area contributed by atoms with Crippen molar-refractivity contribution in [3.63, 3.8) is 0 Å². The van der Waals surface area contributed by atoms with E-state index in [0.29, 0.717) is 6.61 Å². The molecule has 0 unspecified atom stereocenters. The normalized spacial score (nSPS) is 10.5. The van der Waals surface area contributed by atoms with E-state index in [1.807, 2.05) is 19.2 Å². The highest BCUT2D eigenvalue weighted by atomic mass is 16.5. The van der Waals surface area contributed by atoms with Gasteiger partial charge in [-0.05, 0) is 44.2 Å². The van der Waals surface area contributed by atoms with Gasteiger partial charge >= 0.3 is 0 Å². The zero-order valence-electron chi connectivity index (χ0n) is 11.7. The number of hydrogen-bond donors (Lipinski definition) is 1. The molecule has 2 rings (SSSR count). The average molecular weight is 256 g/mol. The molecule has 0 saturated carbocycles. The van der Waals surface area contributed by atoms with Gasteiger partial charge in [-0.25, -0.2) is 0 Å². The van der Waals surface area contributed by atoms with Gasteiger partial charge < -0.3 is 10.1 Å². The molecule has 1 heterocycles. The fourth-order valence-electron chi connectivity index (χ4n) is 1.90. The summed E-state index contributed by atoms with van der Waals surface area (Å²) in [5.41, 5.74) is 4.75. The highest BCUT2D eigenvalue weighted by Crippen LogP contribution is 2.15. The van der Waals surface area contributed by atoms with Crippen LogP contribution in [0.2, 0.25) is 0 Å². The van der Waals surface area contributed by atoms with Crippen LogP contribution < -0.4 is 10.1 Å². The monoisotopic (exact) mass is 256 g/mol. The van der Waals surface area contributed by atoms with Crippen molar-refractivity contribution in [3.05, 3.63) is 58.9 Å². The molecule has 3 heteroatoms. The maximum Gasteiger partial charge on any atom is 0.138 e. The van der Waals surface area contributed by atoms with Gasteiger partial charge in [0, 0.05) is 6.54 Å². The number of nitrogens with one attached hydrogen (secondary N) is 1. The molecule has 19 heavy (non-hydrogen) atoms. The van der Waals surface area contributed by atoms with Gasteiger partial charge in [0.25, 0.3) is 0 Å². The van der Waals surface area contributed by atoms with Crippen LogP contribution in [0.4, 0.5) is 0 Å². The minimum atomic E-state index is 0.584. The molecule has 0 spiro atoms. The van der Waals surface area contributed by atoms with Crippen molar-refractivity contribution >= 4 is 0 Å². The number of nitrogens with zero attached hydrogens (tertiary/aromatic N) is 1. The molecule has 0 radical (unpaired) electrons. The zero-order valence-corrected chi connectivity index (χ0v) is 11.7. The molecule has 0 saturated heterocycles. The Morgan fingerprint density at radius 2 is 2.00 bits per heavy atom. The van der Waals surface area contributed by atoms with Gasteiger partial charge in [-0.2, -0.15) is 0 Å². The van der Waals surface area contributed by atoms with E-state index in [4.69, 9.17) is 4.74 Å². The molecular formula is C16H20N2O. The average Bonchev–Trinajstić information content (AvgIpc) is 2.42. The van der Waals surface area contributed by atoms with Gasteiger partial charge in [-0.15, -0.1) is 0 Å². The number of pyridine rings is 1. The molecule has 0 aliphatic carbocycles. The molecule has 1 N–H and O–H groups in total. The third-order valence-corrected chi connectivity index (χ3v) is 3.05. The van der Waals surface area contributed by atoms with Gasteiger partial charge in [0.2, 0.25) is 0 Å². The van der Waals surface area contributed by atoms with Crippen molar-refractivity contribution in [2.75, 3.05) is 7.05 Å². The number of benzene rings is 1. The van der Waals surface area contributed by atoms with E-state index in [0.717, 1.165) is 18.0 Å². The van der Waals surface area contributed by atoms with Crippen LogP contribution in [0, 0.1) is 13.8 Å². The first-order valence-electron chi connectivity index (χ1n) is 6.47. The van der Waals surface area contributed by atoms with E-state index < -0.39 is 0 Å². The van der Waals surface area contributed by atoms with Crippen LogP contribution in [-0.2, 0) is 13.2 Å². The van der Waals surface area contributed by atoms with Gasteiger partial charge in [0.1, 0.15) is 12.4 Å². The smallest absolute Gasteiger partial charge is 0.138 e. The maximum absolute atomic E-state index is 5.78. The Hall–Kier alpha value is -1.87. The molecule has 0 aliphatic rings. The Kier molecular flexibility index (Phi) is 4.53. The topological polar surface area (TPSA) is 34.1 Å². The lowest BCUT2D eigenvalue weighted by Crippen LogP contribution is -2.06. The van der Waals surface area contributed by atoms with Crippen molar-refractivity contribution in [1.82, 2.24) is 10.3 Å². The Morgan fingerprint density at radius 1 is 1.16 bits per heavy atom. The molecule has 100 valence electrons. The van der Waals surface area contributed by atoms with Gasteiger partial charge in [-0.1, -0.05) is 23.8 Å². The summed E-state index contributed by atoms with van der Waals surface area (Å²) >= 11 is 0. The largest absolute Gasteiger partial charge is 0.487 e. The second kappa shape index (κ2) is 6.34. The van der Waals surface area contributed by atoms with Crippen LogP contribution >= 0.6 is 0 Å². The SMILES string of the molecule is CNCc1ccc(OCc2cc(C)ccc2C)cn1. The Balaban J connectivity index is 2.00. The zero-order chi connectivity index (χ0) is 13.7. The van der Waals surface area contributed by atoms with Crippen LogP contribution in [0.3, 0.4) is 0 Å². The van der Waals surface area contributed by atoms with Crippen molar-refractivity contribution in [3.8, 4) is 5.75 Å². The minimum Gasteiger partial charge on any atom is -0.487 e. The fourth-order valence-corrected chi connectivity index (χ4v) is 1.90. The highest BCUT2D eigenvalue weighted by Gasteiger charge is 2.01. The lowest BCUT2D eigenvalue weighted by molar-refractivity contribution is 0.304. The lowest BCUT2D eigenvalue weighted by Gasteiger charge is -2.10. The summed E-state index contributed by atoms with van der Waals surface area (Å²) in [6.45, 7) is 5.56. The minimum absolute atomic E-state index is 0.584. The predicted octanol–water partition coefficient (Wildman–Crippen LogP) is 3.00. The second-order valence-electron chi connectivity index (χ2n) is 4.73.